The van der Waals surface area contributed by atoms with Gasteiger partial charge in [-0.15, -0.1) is 0 Å². The zero-order valence-corrected chi connectivity index (χ0v) is 8.39. The highest BCUT2D eigenvalue weighted by Gasteiger charge is 2.30. The lowest BCUT2D eigenvalue weighted by Crippen LogP contribution is -2.51. The number of hydrogen-bond acceptors (Lipinski definition) is 3. The molecule has 0 radical (unpaired) electrons. The summed E-state index contributed by atoms with van der Waals surface area (Å²) in [5, 5.41) is 8.85. The fourth-order valence-electron chi connectivity index (χ4n) is 1.71. The molecule has 3 N–H and O–H groups in total. The van der Waals surface area contributed by atoms with Crippen molar-refractivity contribution in [2.45, 2.75) is 0 Å². The molecule has 0 bridgehead atoms. The zero-order valence-electron chi connectivity index (χ0n) is 8.39. The molecule has 4 heteroatoms. The maximum Gasteiger partial charge on any atom is 0.255 e. The van der Waals surface area contributed by atoms with Crippen molar-refractivity contribution in [2.75, 3.05) is 25.4 Å². The molecule has 0 aromatic heterocycles. The second-order valence-corrected chi connectivity index (χ2v) is 3.85. The van der Waals surface area contributed by atoms with Gasteiger partial charge in [-0.25, -0.2) is 0 Å². The third kappa shape index (κ3) is 1.80. The van der Waals surface area contributed by atoms with Crippen molar-refractivity contribution >= 4 is 11.6 Å². The van der Waals surface area contributed by atoms with Gasteiger partial charge >= 0.3 is 0 Å². The number of nitrogens with two attached hydrogens (primary N) is 1. The van der Waals surface area contributed by atoms with Crippen molar-refractivity contribution in [3.63, 3.8) is 0 Å². The van der Waals surface area contributed by atoms with Crippen LogP contribution in [0.4, 0.5) is 5.69 Å². The van der Waals surface area contributed by atoms with Crippen LogP contribution in [0.2, 0.25) is 0 Å². The SMILES string of the molecule is Nc1ccccc1C(=O)N1CC(CO)C1. The molecular weight excluding hydrogens is 192 g/mol. The van der Waals surface area contributed by atoms with Gasteiger partial charge in [0.1, 0.15) is 0 Å². The number of carbonyl (C=O) groups excluding carboxylic acids is 1. The topological polar surface area (TPSA) is 66.6 Å². The summed E-state index contributed by atoms with van der Waals surface area (Å²) in [5.74, 6) is 0.191. The first-order valence-corrected chi connectivity index (χ1v) is 4.97. The van der Waals surface area contributed by atoms with Crippen molar-refractivity contribution in [1.82, 2.24) is 4.90 Å². The van der Waals surface area contributed by atoms with Gasteiger partial charge in [0, 0.05) is 31.3 Å². The molecule has 15 heavy (non-hydrogen) atoms. The Morgan fingerprint density at radius 2 is 2.13 bits per heavy atom. The number of nitrogens with zero attached hydrogens (tertiary/aromatic N) is 1. The molecule has 1 saturated heterocycles. The number of nitrogen functional groups attached to an aromatic ring is 1. The van der Waals surface area contributed by atoms with Crippen LogP contribution in [0.15, 0.2) is 24.3 Å². The quantitative estimate of drug-likeness (QED) is 0.685. The summed E-state index contributed by atoms with van der Waals surface area (Å²) in [5.41, 5.74) is 6.77. The van der Waals surface area contributed by atoms with Gasteiger partial charge in [-0.2, -0.15) is 0 Å². The Kier molecular flexibility index (Phi) is 2.60. The first kappa shape index (κ1) is 9.98. The highest BCUT2D eigenvalue weighted by atomic mass is 16.3. The number of benzene rings is 1. The van der Waals surface area contributed by atoms with Crippen molar-refractivity contribution in [1.29, 1.82) is 0 Å². The minimum absolute atomic E-state index is 0.0437. The Balaban J connectivity index is 2.07. The fourth-order valence-corrected chi connectivity index (χ4v) is 1.71. The minimum Gasteiger partial charge on any atom is -0.398 e. The van der Waals surface area contributed by atoms with Gasteiger partial charge in [-0.1, -0.05) is 12.1 Å². The molecule has 1 fully saturated rings. The molecule has 1 aliphatic heterocycles. The van der Waals surface area contributed by atoms with E-state index >= 15 is 0 Å². The number of amides is 1. The van der Waals surface area contributed by atoms with Gasteiger partial charge < -0.3 is 15.7 Å². The van der Waals surface area contributed by atoms with Crippen molar-refractivity contribution in [2.24, 2.45) is 5.92 Å². The molecule has 1 heterocycles. The van der Waals surface area contributed by atoms with Gasteiger partial charge in [0.15, 0.2) is 0 Å². The van der Waals surface area contributed by atoms with E-state index in [-0.39, 0.29) is 18.4 Å². The summed E-state index contributed by atoms with van der Waals surface area (Å²) in [6, 6.07) is 7.05. The van der Waals surface area contributed by atoms with Gasteiger partial charge in [0.05, 0.1) is 5.56 Å². The molecule has 0 spiro atoms. The molecule has 1 aliphatic rings. The summed E-state index contributed by atoms with van der Waals surface area (Å²) >= 11 is 0. The molecule has 4 nitrogen and oxygen atoms in total. The van der Waals surface area contributed by atoms with Gasteiger partial charge in [-0.3, -0.25) is 4.79 Å². The molecule has 1 aromatic carbocycles. The average molecular weight is 206 g/mol. The number of anilines is 1. The highest BCUT2D eigenvalue weighted by molar-refractivity contribution is 5.99. The second kappa shape index (κ2) is 3.90. The first-order valence-electron chi connectivity index (χ1n) is 4.97. The van der Waals surface area contributed by atoms with Gasteiger partial charge in [-0.05, 0) is 12.1 Å². The van der Waals surface area contributed by atoms with Crippen LogP contribution in [0.3, 0.4) is 0 Å². The Bertz CT molecular complexity index is 373. The zero-order chi connectivity index (χ0) is 10.8. The van der Waals surface area contributed by atoms with E-state index in [2.05, 4.69) is 0 Å². The number of hydrogen-bond donors (Lipinski definition) is 2. The number of aliphatic hydroxyl groups excluding tert-OH is 1. The van der Waals surface area contributed by atoms with Crippen LogP contribution in [0, 0.1) is 5.92 Å². The molecule has 80 valence electrons. The lowest BCUT2D eigenvalue weighted by molar-refractivity contribution is 0.0363. The Morgan fingerprint density at radius 3 is 2.73 bits per heavy atom. The smallest absolute Gasteiger partial charge is 0.255 e. The summed E-state index contributed by atoms with van der Waals surface area (Å²) in [6.45, 7) is 1.40. The van der Waals surface area contributed by atoms with Crippen molar-refractivity contribution in [3.05, 3.63) is 29.8 Å². The average Bonchev–Trinajstić information content (AvgIpc) is 2.16. The van der Waals surface area contributed by atoms with Crippen LogP contribution in [0.5, 0.6) is 0 Å². The highest BCUT2D eigenvalue weighted by Crippen LogP contribution is 2.20. The number of para-hydroxylation sites is 1. The minimum atomic E-state index is -0.0437. The van der Waals surface area contributed by atoms with E-state index in [1.54, 1.807) is 29.2 Å². The predicted molar refractivity (Wildman–Crippen MR) is 57.3 cm³/mol. The van der Waals surface area contributed by atoms with E-state index in [4.69, 9.17) is 10.8 Å². The molecular formula is C11H14N2O2. The lowest BCUT2D eigenvalue weighted by Gasteiger charge is -2.38. The lowest BCUT2D eigenvalue weighted by atomic mass is 9.99. The van der Waals surface area contributed by atoms with E-state index in [9.17, 15) is 4.79 Å². The Morgan fingerprint density at radius 1 is 1.47 bits per heavy atom. The molecule has 0 aliphatic carbocycles. The molecule has 0 unspecified atom stereocenters. The second-order valence-electron chi connectivity index (χ2n) is 3.85. The molecule has 0 atom stereocenters. The van der Waals surface area contributed by atoms with Crippen LogP contribution in [-0.4, -0.2) is 35.6 Å². The van der Waals surface area contributed by atoms with Crippen LogP contribution >= 0.6 is 0 Å². The first-order chi connectivity index (χ1) is 7.22. The number of rotatable bonds is 2. The summed E-state index contributed by atoms with van der Waals surface area (Å²) in [7, 11) is 0. The molecule has 2 rings (SSSR count). The van der Waals surface area contributed by atoms with E-state index in [1.165, 1.54) is 0 Å². The predicted octanol–water partition coefficient (Wildman–Crippen LogP) is 0.333. The Hall–Kier alpha value is -1.55. The molecule has 0 saturated carbocycles. The summed E-state index contributed by atoms with van der Waals surface area (Å²) in [6.07, 6.45) is 0. The maximum atomic E-state index is 11.9. The van der Waals surface area contributed by atoms with Gasteiger partial charge in [0.25, 0.3) is 5.91 Å². The maximum absolute atomic E-state index is 11.9. The molecule has 1 amide bonds. The van der Waals surface area contributed by atoms with Crippen LogP contribution in [0.1, 0.15) is 10.4 Å². The third-order valence-corrected chi connectivity index (χ3v) is 2.69. The largest absolute Gasteiger partial charge is 0.398 e. The van der Waals surface area contributed by atoms with E-state index in [0.29, 0.717) is 24.3 Å². The Labute approximate surface area is 88.3 Å². The molecule has 1 aromatic rings. The van der Waals surface area contributed by atoms with E-state index in [1.807, 2.05) is 0 Å². The van der Waals surface area contributed by atoms with E-state index in [0.717, 1.165) is 0 Å². The standard InChI is InChI=1S/C11H14N2O2/c12-10-4-2-1-3-9(10)11(15)13-5-8(6-13)7-14/h1-4,8,14H,5-7,12H2. The number of aliphatic hydroxyl groups is 1. The van der Waals surface area contributed by atoms with Crippen LogP contribution in [0.25, 0.3) is 0 Å². The summed E-state index contributed by atoms with van der Waals surface area (Å²) in [4.78, 5) is 13.6. The normalized spacial score (nSPS) is 16.2. The van der Waals surface area contributed by atoms with Gasteiger partial charge in [0.2, 0.25) is 0 Å². The monoisotopic (exact) mass is 206 g/mol. The fraction of sp³-hybridized carbons (Fsp3) is 0.364. The van der Waals surface area contributed by atoms with Crippen molar-refractivity contribution in [3.8, 4) is 0 Å². The number of likely N-dealkylation sites (tertiary alicyclic amines) is 1. The number of carbonyl (C=O) groups is 1. The summed E-state index contributed by atoms with van der Waals surface area (Å²) < 4.78 is 0. The van der Waals surface area contributed by atoms with E-state index < -0.39 is 0 Å². The van der Waals surface area contributed by atoms with Crippen LogP contribution < -0.4 is 5.73 Å². The van der Waals surface area contributed by atoms with Crippen LogP contribution in [-0.2, 0) is 0 Å². The third-order valence-electron chi connectivity index (χ3n) is 2.69. The van der Waals surface area contributed by atoms with Crippen molar-refractivity contribution < 1.29 is 9.90 Å².